The Morgan fingerprint density at radius 2 is 1.73 bits per heavy atom. The van der Waals surface area contributed by atoms with Gasteiger partial charge in [-0.2, -0.15) is 4.31 Å². The highest BCUT2D eigenvalue weighted by Gasteiger charge is 2.62. The Hall–Kier alpha value is -3.15. The molecule has 3 rings (SSSR count). The summed E-state index contributed by atoms with van der Waals surface area (Å²) in [6, 6.07) is 14.6. The van der Waals surface area contributed by atoms with Crippen molar-refractivity contribution >= 4 is 27.7 Å². The minimum atomic E-state index is -3.87. The van der Waals surface area contributed by atoms with Crippen LogP contribution in [0, 0.1) is 5.92 Å². The first-order valence-electron chi connectivity index (χ1n) is 14.3. The van der Waals surface area contributed by atoms with Crippen LogP contribution >= 0.6 is 0 Å². The van der Waals surface area contributed by atoms with Crippen molar-refractivity contribution in [2.75, 3.05) is 18.9 Å². The number of benzene rings is 2. The first kappa shape index (κ1) is 32.4. The van der Waals surface area contributed by atoms with E-state index >= 15 is 0 Å². The molecule has 0 bridgehead atoms. The lowest BCUT2D eigenvalue weighted by molar-refractivity contribution is -0.125. The molecule has 0 aromatic heterocycles. The predicted octanol–water partition coefficient (Wildman–Crippen LogP) is 3.93. The number of carboxylic acid groups (broad SMARTS) is 1. The number of rotatable bonds is 16. The molecule has 11 heteroatoms. The van der Waals surface area contributed by atoms with Gasteiger partial charge in [0.2, 0.25) is 15.9 Å². The summed E-state index contributed by atoms with van der Waals surface area (Å²) in [5.74, 6) is -0.333. The summed E-state index contributed by atoms with van der Waals surface area (Å²) in [6.07, 6.45) is 1.90. The van der Waals surface area contributed by atoms with E-state index in [1.807, 2.05) is 51.1 Å². The number of amides is 2. The summed E-state index contributed by atoms with van der Waals surface area (Å²) in [4.78, 5) is 25.0. The van der Waals surface area contributed by atoms with Crippen molar-refractivity contribution in [3.05, 3.63) is 60.2 Å². The number of carbonyl (C=O) groups is 2. The molecule has 6 N–H and O–H groups in total. The maximum Gasteiger partial charge on any atom is 0.405 e. The van der Waals surface area contributed by atoms with Crippen LogP contribution in [0.2, 0.25) is 0 Å². The fourth-order valence-electron chi connectivity index (χ4n) is 5.27. The highest BCUT2D eigenvalue weighted by atomic mass is 32.2. The van der Waals surface area contributed by atoms with Gasteiger partial charge in [0.25, 0.3) is 0 Å². The van der Waals surface area contributed by atoms with Crippen LogP contribution in [0.25, 0.3) is 0 Å². The number of nitrogens with one attached hydrogen (secondary N) is 2. The standard InChI is InChI=1S/C30H44N4O6S/c1-4-24(32-28(36)30(33-29(37)38)19-27(30)22-9-6-5-7-10-22)11-8-12-25(20-35)34(18-17-21(2)3)41(39,40)26-15-13-23(31)14-16-26/h5-7,9-10,13-16,21,24-25,27,33,35H,4,8,11-12,17-20,31H2,1-3H3,(H,32,36)(H,37,38)/t24-,25-,27+,30+/m0/s1. The molecule has 2 aromatic rings. The molecule has 4 atom stereocenters. The average Bonchev–Trinajstić information content (AvgIpc) is 3.66. The Morgan fingerprint density at radius 1 is 1.07 bits per heavy atom. The number of aliphatic hydroxyl groups is 1. The summed E-state index contributed by atoms with van der Waals surface area (Å²) in [6.45, 7) is 5.91. The van der Waals surface area contributed by atoms with Crippen LogP contribution in [0.5, 0.6) is 0 Å². The van der Waals surface area contributed by atoms with Gasteiger partial charge in [-0.25, -0.2) is 13.2 Å². The Labute approximate surface area is 243 Å². The maximum absolute atomic E-state index is 13.6. The Morgan fingerprint density at radius 3 is 2.29 bits per heavy atom. The van der Waals surface area contributed by atoms with Crippen LogP contribution in [0.15, 0.2) is 59.5 Å². The quantitative estimate of drug-likeness (QED) is 0.186. The SMILES string of the molecule is CC[C@@H](CCC[C@@H](CO)N(CCC(C)C)S(=O)(=O)c1ccc(N)cc1)NC(=O)[C@@]1(NC(=O)O)C[C@@H]1c1ccccc1. The normalized spacial score (nSPS) is 20.0. The van der Waals surface area contributed by atoms with Gasteiger partial charge in [0.1, 0.15) is 5.54 Å². The third kappa shape index (κ3) is 8.21. The first-order chi connectivity index (χ1) is 19.4. The predicted molar refractivity (Wildman–Crippen MR) is 159 cm³/mol. The van der Waals surface area contributed by atoms with E-state index in [4.69, 9.17) is 5.73 Å². The highest BCUT2D eigenvalue weighted by molar-refractivity contribution is 7.89. The largest absolute Gasteiger partial charge is 0.465 e. The molecule has 226 valence electrons. The first-order valence-corrected chi connectivity index (χ1v) is 15.7. The Bertz CT molecular complexity index is 1260. The summed E-state index contributed by atoms with van der Waals surface area (Å²) in [5.41, 5.74) is 5.90. The fourth-order valence-corrected chi connectivity index (χ4v) is 6.93. The van der Waals surface area contributed by atoms with Crippen molar-refractivity contribution in [2.45, 2.75) is 87.7 Å². The number of hydrogen-bond donors (Lipinski definition) is 5. The van der Waals surface area contributed by atoms with Crippen molar-refractivity contribution in [3.63, 3.8) is 0 Å². The van der Waals surface area contributed by atoms with Crippen LogP contribution in [0.4, 0.5) is 10.5 Å². The Kier molecular flexibility index (Phi) is 11.2. The fraction of sp³-hybridized carbons (Fsp3) is 0.533. The summed E-state index contributed by atoms with van der Waals surface area (Å²) < 4.78 is 28.5. The molecule has 1 saturated carbocycles. The van der Waals surface area contributed by atoms with Crippen LogP contribution < -0.4 is 16.4 Å². The molecular formula is C30H44N4O6S. The zero-order valence-electron chi connectivity index (χ0n) is 24.1. The van der Waals surface area contributed by atoms with Gasteiger partial charge >= 0.3 is 6.09 Å². The Balaban J connectivity index is 1.67. The maximum atomic E-state index is 13.6. The van der Waals surface area contributed by atoms with Gasteiger partial charge in [0.05, 0.1) is 11.5 Å². The smallest absolute Gasteiger partial charge is 0.405 e. The van der Waals surface area contributed by atoms with E-state index in [1.54, 1.807) is 12.1 Å². The summed E-state index contributed by atoms with van der Waals surface area (Å²) in [7, 11) is -3.87. The van der Waals surface area contributed by atoms with E-state index in [-0.39, 0.29) is 41.8 Å². The molecule has 0 unspecified atom stereocenters. The lowest BCUT2D eigenvalue weighted by Crippen LogP contribution is -2.52. The number of hydrogen-bond acceptors (Lipinski definition) is 6. The topological polar surface area (TPSA) is 162 Å². The molecule has 0 radical (unpaired) electrons. The lowest BCUT2D eigenvalue weighted by atomic mass is 10.0. The highest BCUT2D eigenvalue weighted by Crippen LogP contribution is 2.51. The molecule has 1 aliphatic rings. The van der Waals surface area contributed by atoms with Crippen LogP contribution in [0.1, 0.15) is 70.8 Å². The van der Waals surface area contributed by atoms with E-state index in [2.05, 4.69) is 10.6 Å². The van der Waals surface area contributed by atoms with E-state index in [0.29, 0.717) is 44.2 Å². The molecule has 10 nitrogen and oxygen atoms in total. The third-order valence-electron chi connectivity index (χ3n) is 7.85. The van der Waals surface area contributed by atoms with Gasteiger partial charge in [-0.1, -0.05) is 51.1 Å². The van der Waals surface area contributed by atoms with Gasteiger partial charge in [-0.15, -0.1) is 0 Å². The van der Waals surface area contributed by atoms with Crippen LogP contribution in [-0.4, -0.2) is 65.7 Å². The van der Waals surface area contributed by atoms with Crippen molar-refractivity contribution in [3.8, 4) is 0 Å². The van der Waals surface area contributed by atoms with Gasteiger partial charge in [0.15, 0.2) is 0 Å². The number of sulfonamides is 1. The molecule has 0 saturated heterocycles. The van der Waals surface area contributed by atoms with Gasteiger partial charge in [0, 0.05) is 30.2 Å². The van der Waals surface area contributed by atoms with E-state index in [1.165, 1.54) is 16.4 Å². The van der Waals surface area contributed by atoms with Gasteiger partial charge in [-0.3, -0.25) is 4.79 Å². The minimum Gasteiger partial charge on any atom is -0.465 e. The van der Waals surface area contributed by atoms with Crippen molar-refractivity contribution < 1.29 is 28.2 Å². The molecule has 2 aromatic carbocycles. The zero-order chi connectivity index (χ0) is 30.2. The van der Waals surface area contributed by atoms with Gasteiger partial charge < -0.3 is 26.6 Å². The molecule has 0 aliphatic heterocycles. The second-order valence-electron chi connectivity index (χ2n) is 11.3. The second-order valence-corrected chi connectivity index (χ2v) is 13.2. The molecule has 1 fully saturated rings. The molecule has 2 amide bonds. The molecule has 41 heavy (non-hydrogen) atoms. The average molecular weight is 589 g/mol. The number of nitrogens with two attached hydrogens (primary N) is 1. The van der Waals surface area contributed by atoms with E-state index in [0.717, 1.165) is 5.56 Å². The minimum absolute atomic E-state index is 0.126. The number of aliphatic hydroxyl groups excluding tert-OH is 1. The molecule has 1 aliphatic carbocycles. The summed E-state index contributed by atoms with van der Waals surface area (Å²) in [5, 5.41) is 25.2. The third-order valence-corrected chi connectivity index (χ3v) is 9.81. The monoisotopic (exact) mass is 588 g/mol. The van der Waals surface area contributed by atoms with Crippen molar-refractivity contribution in [1.82, 2.24) is 14.9 Å². The lowest BCUT2D eigenvalue weighted by Gasteiger charge is -2.31. The van der Waals surface area contributed by atoms with E-state index < -0.39 is 27.7 Å². The van der Waals surface area contributed by atoms with E-state index in [9.17, 15) is 28.2 Å². The molecular weight excluding hydrogens is 544 g/mol. The van der Waals surface area contributed by atoms with Crippen LogP contribution in [0.3, 0.4) is 0 Å². The summed E-state index contributed by atoms with van der Waals surface area (Å²) >= 11 is 0. The number of nitrogens with zero attached hydrogens (tertiary/aromatic N) is 1. The second kappa shape index (κ2) is 14.2. The zero-order valence-corrected chi connectivity index (χ0v) is 24.9. The van der Waals surface area contributed by atoms with Crippen LogP contribution in [-0.2, 0) is 14.8 Å². The number of carbonyl (C=O) groups excluding carboxylic acids is 1. The van der Waals surface area contributed by atoms with Crippen molar-refractivity contribution in [1.29, 1.82) is 0 Å². The number of nitrogen functional groups attached to an aromatic ring is 1. The number of anilines is 1. The van der Waals surface area contributed by atoms with Crippen molar-refractivity contribution in [2.24, 2.45) is 5.92 Å². The molecule has 0 heterocycles. The van der Waals surface area contributed by atoms with Gasteiger partial charge in [-0.05, 0) is 74.3 Å². The molecule has 0 spiro atoms.